The van der Waals surface area contributed by atoms with Crippen molar-refractivity contribution in [2.75, 3.05) is 5.73 Å². The highest BCUT2D eigenvalue weighted by atomic mass is 16.5. The summed E-state index contributed by atoms with van der Waals surface area (Å²) in [5, 5.41) is 0. The molecule has 4 nitrogen and oxygen atoms in total. The molecule has 0 fully saturated rings. The number of nitrogens with two attached hydrogens (primary N) is 1. The Morgan fingerprint density at radius 1 is 0.875 bits per heavy atom. The molecule has 0 aromatic heterocycles. The second kappa shape index (κ2) is 9.23. The first-order chi connectivity index (χ1) is 14.6. The summed E-state index contributed by atoms with van der Waals surface area (Å²) in [7, 11) is 0. The number of nitrogen functional groups attached to an aromatic ring is 1. The highest BCUT2D eigenvalue weighted by Crippen LogP contribution is 2.40. The fourth-order valence-corrected chi connectivity index (χ4v) is 3.06. The molecule has 172 valence electrons. The third-order valence-corrected chi connectivity index (χ3v) is 4.76. The van der Waals surface area contributed by atoms with Crippen LogP contribution < -0.4 is 15.2 Å². The van der Waals surface area contributed by atoms with Crippen LogP contribution in [0.1, 0.15) is 76.9 Å². The van der Waals surface area contributed by atoms with Crippen LogP contribution in [-0.2, 0) is 5.41 Å². The van der Waals surface area contributed by atoms with Gasteiger partial charge in [0.25, 0.3) is 0 Å². The molecule has 0 heterocycles. The van der Waals surface area contributed by atoms with Gasteiger partial charge in [-0.25, -0.2) is 0 Å². The van der Waals surface area contributed by atoms with Crippen LogP contribution in [0.3, 0.4) is 0 Å². The first kappa shape index (κ1) is 25.3. The van der Waals surface area contributed by atoms with Crippen molar-refractivity contribution in [2.24, 2.45) is 0 Å². The van der Waals surface area contributed by atoms with Crippen molar-refractivity contribution in [1.29, 1.82) is 0 Å². The number of ketones is 1. The van der Waals surface area contributed by atoms with Crippen molar-refractivity contribution in [2.45, 2.75) is 72.0 Å². The van der Waals surface area contributed by atoms with Crippen molar-refractivity contribution in [3.63, 3.8) is 0 Å². The van der Waals surface area contributed by atoms with E-state index in [4.69, 9.17) is 15.2 Å². The molecule has 0 bridgehead atoms. The minimum atomic E-state index is -0.419. The van der Waals surface area contributed by atoms with Gasteiger partial charge in [-0.2, -0.15) is 0 Å². The second-order valence-corrected chi connectivity index (χ2v) is 10.6. The largest absolute Gasteiger partial charge is 0.488 e. The molecular formula is C28H37NO3. The normalized spacial score (nSPS) is 12.6. The smallest absolute Gasteiger partial charge is 0.185 e. The summed E-state index contributed by atoms with van der Waals surface area (Å²) in [4.78, 5) is 12.7. The predicted octanol–water partition coefficient (Wildman–Crippen LogP) is 6.98. The number of hydrogen-bond acceptors (Lipinski definition) is 4. The molecule has 0 radical (unpaired) electrons. The van der Waals surface area contributed by atoms with E-state index in [1.54, 1.807) is 36.4 Å². The van der Waals surface area contributed by atoms with Gasteiger partial charge in [0, 0.05) is 33.9 Å². The topological polar surface area (TPSA) is 61.6 Å². The Morgan fingerprint density at radius 3 is 1.91 bits per heavy atom. The highest BCUT2D eigenvalue weighted by Gasteiger charge is 2.27. The van der Waals surface area contributed by atoms with Crippen LogP contribution in [0.15, 0.2) is 55.1 Å². The lowest BCUT2D eigenvalue weighted by Crippen LogP contribution is -2.27. The van der Waals surface area contributed by atoms with Crippen molar-refractivity contribution in [1.82, 2.24) is 0 Å². The van der Waals surface area contributed by atoms with Crippen LogP contribution in [0.5, 0.6) is 11.5 Å². The standard InChI is InChI=1S/C28H37NO3/c1-10-28(8,9)22-17-20(13-16-23(30)19-11-14-21(29)15-12-19)24(31-26(2,3)4)18-25(22)32-27(5,6)7/h10-18H,1,29H2,2-9H3. The van der Waals surface area contributed by atoms with E-state index in [9.17, 15) is 4.79 Å². The zero-order valence-electron chi connectivity index (χ0n) is 20.7. The van der Waals surface area contributed by atoms with Crippen molar-refractivity contribution < 1.29 is 14.3 Å². The molecule has 2 aromatic carbocycles. The number of allylic oxidation sites excluding steroid dienone is 2. The maximum absolute atomic E-state index is 12.7. The van der Waals surface area contributed by atoms with Crippen LogP contribution in [0.4, 0.5) is 5.69 Å². The van der Waals surface area contributed by atoms with Gasteiger partial charge in [-0.15, -0.1) is 6.58 Å². The third kappa shape index (κ3) is 7.01. The van der Waals surface area contributed by atoms with Gasteiger partial charge in [0.2, 0.25) is 0 Å². The molecule has 4 heteroatoms. The summed E-state index contributed by atoms with van der Waals surface area (Å²) in [5.41, 5.74) is 7.57. The van der Waals surface area contributed by atoms with Crippen LogP contribution in [0, 0.1) is 0 Å². The van der Waals surface area contributed by atoms with E-state index >= 15 is 0 Å². The number of anilines is 1. The predicted molar refractivity (Wildman–Crippen MR) is 135 cm³/mol. The van der Waals surface area contributed by atoms with Gasteiger partial charge in [0.05, 0.1) is 0 Å². The van der Waals surface area contributed by atoms with Gasteiger partial charge in [-0.05, 0) is 84.0 Å². The van der Waals surface area contributed by atoms with Crippen LogP contribution in [0.2, 0.25) is 0 Å². The van der Waals surface area contributed by atoms with E-state index in [0.717, 1.165) is 16.9 Å². The fraction of sp³-hybridized carbons (Fsp3) is 0.393. The lowest BCUT2D eigenvalue weighted by atomic mass is 9.83. The summed E-state index contributed by atoms with van der Waals surface area (Å²) in [5.74, 6) is 1.29. The Morgan fingerprint density at radius 2 is 1.41 bits per heavy atom. The maximum atomic E-state index is 12.7. The zero-order valence-corrected chi connectivity index (χ0v) is 20.7. The number of carbonyl (C=O) groups is 1. The van der Waals surface area contributed by atoms with Gasteiger partial charge >= 0.3 is 0 Å². The van der Waals surface area contributed by atoms with Crippen molar-refractivity contribution in [3.05, 3.63) is 71.8 Å². The number of benzene rings is 2. The van der Waals surface area contributed by atoms with Crippen molar-refractivity contribution in [3.8, 4) is 11.5 Å². The molecule has 0 amide bonds. The summed E-state index contributed by atoms with van der Waals surface area (Å²) in [6.45, 7) is 20.2. The molecule has 2 N–H and O–H groups in total. The molecule has 2 rings (SSSR count). The zero-order chi connectivity index (χ0) is 24.3. The maximum Gasteiger partial charge on any atom is 0.185 e. The minimum Gasteiger partial charge on any atom is -0.488 e. The second-order valence-electron chi connectivity index (χ2n) is 10.6. The molecule has 0 unspecified atom stereocenters. The number of hydrogen-bond donors (Lipinski definition) is 1. The third-order valence-electron chi connectivity index (χ3n) is 4.76. The van der Waals surface area contributed by atoms with Crippen LogP contribution in [0.25, 0.3) is 6.08 Å². The minimum absolute atomic E-state index is 0.105. The van der Waals surface area contributed by atoms with E-state index in [1.807, 2.05) is 59.8 Å². The van der Waals surface area contributed by atoms with Gasteiger partial charge < -0.3 is 15.2 Å². The monoisotopic (exact) mass is 435 g/mol. The van der Waals surface area contributed by atoms with E-state index in [0.29, 0.717) is 17.0 Å². The first-order valence-electron chi connectivity index (χ1n) is 10.9. The summed E-state index contributed by atoms with van der Waals surface area (Å²) in [6, 6.07) is 10.8. The van der Waals surface area contributed by atoms with E-state index < -0.39 is 5.60 Å². The molecular weight excluding hydrogens is 398 g/mol. The quantitative estimate of drug-likeness (QED) is 0.220. The number of carbonyl (C=O) groups excluding carboxylic acids is 1. The molecule has 0 atom stereocenters. The van der Waals surface area contributed by atoms with Gasteiger partial charge in [-0.1, -0.05) is 19.9 Å². The fourth-order valence-electron chi connectivity index (χ4n) is 3.06. The lowest BCUT2D eigenvalue weighted by molar-refractivity contribution is 0.104. The molecule has 2 aromatic rings. The van der Waals surface area contributed by atoms with E-state index in [-0.39, 0.29) is 16.8 Å². The molecule has 0 spiro atoms. The van der Waals surface area contributed by atoms with E-state index in [2.05, 4.69) is 20.4 Å². The van der Waals surface area contributed by atoms with Gasteiger partial charge in [-0.3, -0.25) is 4.79 Å². The molecule has 32 heavy (non-hydrogen) atoms. The number of rotatable bonds is 7. The Balaban J connectivity index is 2.62. The Bertz CT molecular complexity index is 1000. The van der Waals surface area contributed by atoms with Gasteiger partial charge in [0.15, 0.2) is 5.78 Å². The molecule has 0 aliphatic heterocycles. The first-order valence-corrected chi connectivity index (χ1v) is 10.9. The highest BCUT2D eigenvalue weighted by molar-refractivity contribution is 6.07. The number of ether oxygens (including phenoxy) is 2. The Hall–Kier alpha value is -3.01. The molecule has 0 aliphatic carbocycles. The summed E-state index contributed by atoms with van der Waals surface area (Å²) in [6.07, 6.45) is 5.25. The summed E-state index contributed by atoms with van der Waals surface area (Å²) >= 11 is 0. The Kier molecular flexibility index (Phi) is 7.29. The SMILES string of the molecule is C=CC(C)(C)c1cc(C=CC(=O)c2ccc(N)cc2)c(OC(C)(C)C)cc1OC(C)(C)C. The van der Waals surface area contributed by atoms with Crippen LogP contribution in [-0.4, -0.2) is 17.0 Å². The lowest BCUT2D eigenvalue weighted by Gasteiger charge is -2.31. The molecule has 0 aliphatic rings. The molecule has 0 saturated carbocycles. The molecule has 0 saturated heterocycles. The van der Waals surface area contributed by atoms with E-state index in [1.165, 1.54) is 0 Å². The average molecular weight is 436 g/mol. The summed E-state index contributed by atoms with van der Waals surface area (Å²) < 4.78 is 12.6. The van der Waals surface area contributed by atoms with Crippen LogP contribution >= 0.6 is 0 Å². The van der Waals surface area contributed by atoms with Crippen molar-refractivity contribution >= 4 is 17.5 Å². The average Bonchev–Trinajstić information content (AvgIpc) is 2.65. The Labute approximate surface area is 193 Å². The van der Waals surface area contributed by atoms with Gasteiger partial charge in [0.1, 0.15) is 22.7 Å².